The third kappa shape index (κ3) is 5.17. The van der Waals surface area contributed by atoms with E-state index in [9.17, 15) is 9.59 Å². The van der Waals surface area contributed by atoms with Crippen LogP contribution in [0.2, 0.25) is 0 Å². The zero-order valence-corrected chi connectivity index (χ0v) is 10.9. The Balaban J connectivity index is 2.42. The molecule has 1 N–H and O–H groups in total. The molecule has 17 heavy (non-hydrogen) atoms. The van der Waals surface area contributed by atoms with Crippen molar-refractivity contribution in [3.63, 3.8) is 0 Å². The molecule has 0 aromatic heterocycles. The third-order valence-electron chi connectivity index (χ3n) is 2.57. The molecule has 0 saturated heterocycles. The smallest absolute Gasteiger partial charge is 0.325 e. The summed E-state index contributed by atoms with van der Waals surface area (Å²) in [7, 11) is 0. The molecule has 0 bridgehead atoms. The highest BCUT2D eigenvalue weighted by atomic mass is 16.5. The van der Waals surface area contributed by atoms with Crippen LogP contribution in [0.25, 0.3) is 0 Å². The standard InChI is InChI=1S/C12H22N2O3/c1-4-17-12(16)8-14(10-5-6-10)11(15)7-13-9(2)3/h9-10,13H,4-8H2,1-3H3. The molecule has 0 aromatic carbocycles. The molecular formula is C12H22N2O3. The van der Waals surface area contributed by atoms with E-state index < -0.39 is 0 Å². The summed E-state index contributed by atoms with van der Waals surface area (Å²) in [6, 6.07) is 0.503. The summed E-state index contributed by atoms with van der Waals surface area (Å²) in [5.41, 5.74) is 0. The van der Waals surface area contributed by atoms with Crippen LogP contribution in [-0.2, 0) is 14.3 Å². The average molecular weight is 242 g/mol. The van der Waals surface area contributed by atoms with Crippen molar-refractivity contribution in [1.82, 2.24) is 10.2 Å². The van der Waals surface area contributed by atoms with E-state index in [2.05, 4.69) is 5.32 Å². The van der Waals surface area contributed by atoms with Crippen LogP contribution in [0, 0.1) is 0 Å². The van der Waals surface area contributed by atoms with E-state index in [-0.39, 0.29) is 37.0 Å². The second-order valence-electron chi connectivity index (χ2n) is 4.59. The SMILES string of the molecule is CCOC(=O)CN(C(=O)CNC(C)C)C1CC1. The van der Waals surface area contributed by atoms with E-state index in [1.54, 1.807) is 11.8 Å². The largest absolute Gasteiger partial charge is 0.465 e. The molecular weight excluding hydrogens is 220 g/mol. The number of hydrogen-bond acceptors (Lipinski definition) is 4. The lowest BCUT2D eigenvalue weighted by Crippen LogP contribution is -2.44. The third-order valence-corrected chi connectivity index (χ3v) is 2.57. The predicted molar refractivity (Wildman–Crippen MR) is 64.5 cm³/mol. The number of carbonyl (C=O) groups is 2. The molecule has 1 rings (SSSR count). The van der Waals surface area contributed by atoms with Crippen LogP contribution in [0.5, 0.6) is 0 Å². The fourth-order valence-corrected chi connectivity index (χ4v) is 1.55. The summed E-state index contributed by atoms with van der Waals surface area (Å²) in [6.45, 7) is 6.46. The summed E-state index contributed by atoms with van der Waals surface area (Å²) in [5, 5.41) is 3.07. The predicted octanol–water partition coefficient (Wildman–Crippen LogP) is 0.539. The minimum absolute atomic E-state index is 0.0192. The van der Waals surface area contributed by atoms with Crippen molar-refractivity contribution in [2.24, 2.45) is 0 Å². The van der Waals surface area contributed by atoms with Gasteiger partial charge in [-0.1, -0.05) is 13.8 Å². The number of ether oxygens (including phenoxy) is 1. The van der Waals surface area contributed by atoms with Gasteiger partial charge in [0.05, 0.1) is 13.2 Å². The van der Waals surface area contributed by atoms with Crippen molar-refractivity contribution in [1.29, 1.82) is 0 Å². The lowest BCUT2D eigenvalue weighted by atomic mass is 10.3. The van der Waals surface area contributed by atoms with Crippen molar-refractivity contribution >= 4 is 11.9 Å². The van der Waals surface area contributed by atoms with Gasteiger partial charge >= 0.3 is 5.97 Å². The van der Waals surface area contributed by atoms with Crippen molar-refractivity contribution in [3.8, 4) is 0 Å². The van der Waals surface area contributed by atoms with Crippen LogP contribution in [0.15, 0.2) is 0 Å². The summed E-state index contributed by atoms with van der Waals surface area (Å²) in [4.78, 5) is 24.9. The van der Waals surface area contributed by atoms with Crippen LogP contribution in [-0.4, -0.2) is 48.6 Å². The molecule has 0 heterocycles. The van der Waals surface area contributed by atoms with Crippen LogP contribution >= 0.6 is 0 Å². The lowest BCUT2D eigenvalue weighted by Gasteiger charge is -2.22. The molecule has 98 valence electrons. The molecule has 1 saturated carbocycles. The highest BCUT2D eigenvalue weighted by Gasteiger charge is 2.33. The molecule has 5 nitrogen and oxygen atoms in total. The molecule has 1 amide bonds. The first-order chi connectivity index (χ1) is 8.04. The van der Waals surface area contributed by atoms with Gasteiger partial charge in [-0.2, -0.15) is 0 Å². The maximum absolute atomic E-state index is 11.9. The quantitative estimate of drug-likeness (QED) is 0.662. The molecule has 5 heteroatoms. The van der Waals surface area contributed by atoms with Gasteiger partial charge in [-0.25, -0.2) is 0 Å². The first-order valence-corrected chi connectivity index (χ1v) is 6.23. The second kappa shape index (κ2) is 6.59. The average Bonchev–Trinajstić information content (AvgIpc) is 3.06. The Labute approximate surface area is 102 Å². The highest BCUT2D eigenvalue weighted by Crippen LogP contribution is 2.26. The number of rotatable bonds is 7. The first-order valence-electron chi connectivity index (χ1n) is 6.23. The monoisotopic (exact) mass is 242 g/mol. The van der Waals surface area contributed by atoms with E-state index in [0.29, 0.717) is 6.61 Å². The lowest BCUT2D eigenvalue weighted by molar-refractivity contribution is -0.149. The minimum Gasteiger partial charge on any atom is -0.465 e. The topological polar surface area (TPSA) is 58.6 Å². The van der Waals surface area contributed by atoms with Crippen LogP contribution in [0.1, 0.15) is 33.6 Å². The van der Waals surface area contributed by atoms with Crippen LogP contribution in [0.3, 0.4) is 0 Å². The van der Waals surface area contributed by atoms with Gasteiger partial charge in [0.2, 0.25) is 5.91 Å². The Kier molecular flexibility index (Phi) is 5.41. The van der Waals surface area contributed by atoms with Crippen molar-refractivity contribution < 1.29 is 14.3 Å². The molecule has 0 unspecified atom stereocenters. The van der Waals surface area contributed by atoms with Crippen LogP contribution < -0.4 is 5.32 Å². The Hall–Kier alpha value is -1.10. The Morgan fingerprint density at radius 3 is 2.53 bits per heavy atom. The van der Waals surface area contributed by atoms with Gasteiger partial charge < -0.3 is 15.0 Å². The van der Waals surface area contributed by atoms with Gasteiger partial charge in [-0.05, 0) is 19.8 Å². The zero-order chi connectivity index (χ0) is 12.8. The van der Waals surface area contributed by atoms with Crippen molar-refractivity contribution in [2.45, 2.75) is 45.7 Å². The van der Waals surface area contributed by atoms with Crippen molar-refractivity contribution in [2.75, 3.05) is 19.7 Å². The Morgan fingerprint density at radius 2 is 2.06 bits per heavy atom. The molecule has 0 aliphatic heterocycles. The number of esters is 1. The van der Waals surface area contributed by atoms with Gasteiger partial charge in [0.1, 0.15) is 6.54 Å². The van der Waals surface area contributed by atoms with Crippen LogP contribution in [0.4, 0.5) is 0 Å². The summed E-state index contributed by atoms with van der Waals surface area (Å²) in [6.07, 6.45) is 1.99. The van der Waals surface area contributed by atoms with E-state index in [1.165, 1.54) is 0 Å². The van der Waals surface area contributed by atoms with Gasteiger partial charge in [-0.15, -0.1) is 0 Å². The number of nitrogens with one attached hydrogen (secondary N) is 1. The molecule has 0 radical (unpaired) electrons. The molecule has 0 aromatic rings. The van der Waals surface area contributed by atoms with Gasteiger partial charge in [0.15, 0.2) is 0 Å². The normalized spacial score (nSPS) is 14.8. The summed E-state index contributed by atoms with van der Waals surface area (Å²) in [5.74, 6) is -0.341. The summed E-state index contributed by atoms with van der Waals surface area (Å²) < 4.78 is 4.87. The first kappa shape index (κ1) is 14.0. The van der Waals surface area contributed by atoms with Crippen molar-refractivity contribution in [3.05, 3.63) is 0 Å². The molecule has 1 fully saturated rings. The number of amides is 1. The van der Waals surface area contributed by atoms with E-state index >= 15 is 0 Å². The maximum Gasteiger partial charge on any atom is 0.325 e. The fraction of sp³-hybridized carbons (Fsp3) is 0.833. The fourth-order valence-electron chi connectivity index (χ4n) is 1.55. The van der Waals surface area contributed by atoms with E-state index in [4.69, 9.17) is 4.74 Å². The van der Waals surface area contributed by atoms with Gasteiger partial charge in [0, 0.05) is 12.1 Å². The summed E-state index contributed by atoms with van der Waals surface area (Å²) >= 11 is 0. The zero-order valence-electron chi connectivity index (χ0n) is 10.9. The molecule has 1 aliphatic rings. The second-order valence-corrected chi connectivity index (χ2v) is 4.59. The molecule has 1 aliphatic carbocycles. The maximum atomic E-state index is 11.9. The number of hydrogen-bond donors (Lipinski definition) is 1. The Morgan fingerprint density at radius 1 is 1.41 bits per heavy atom. The number of carbonyl (C=O) groups excluding carboxylic acids is 2. The molecule has 0 spiro atoms. The van der Waals surface area contributed by atoms with Gasteiger partial charge in [-0.3, -0.25) is 9.59 Å². The van der Waals surface area contributed by atoms with Gasteiger partial charge in [0.25, 0.3) is 0 Å². The molecule has 0 atom stereocenters. The minimum atomic E-state index is -0.322. The van der Waals surface area contributed by atoms with E-state index in [1.807, 2.05) is 13.8 Å². The number of nitrogens with zero attached hydrogens (tertiary/aromatic N) is 1. The Bertz CT molecular complexity index is 275. The highest BCUT2D eigenvalue weighted by molar-refractivity contribution is 5.84. The van der Waals surface area contributed by atoms with E-state index in [0.717, 1.165) is 12.8 Å².